The number of rotatable bonds is 6. The van der Waals surface area contributed by atoms with Crippen LogP contribution in [0.1, 0.15) is 0 Å². The van der Waals surface area contributed by atoms with Gasteiger partial charge in [-0.05, 0) is 23.1 Å². The molecule has 120 valence electrons. The van der Waals surface area contributed by atoms with Crippen LogP contribution >= 0.6 is 22.9 Å². The molecule has 0 aliphatic heterocycles. The maximum Gasteiger partial charge on any atom is 0.373 e. The molecule has 0 saturated carbocycles. The third kappa shape index (κ3) is 3.22. The van der Waals surface area contributed by atoms with E-state index in [4.69, 9.17) is 16.3 Å². The van der Waals surface area contributed by atoms with Gasteiger partial charge in [0.2, 0.25) is 5.82 Å². The highest BCUT2D eigenvalue weighted by molar-refractivity contribution is 7.15. The number of benzene rings is 1. The summed E-state index contributed by atoms with van der Waals surface area (Å²) in [6.07, 6.45) is 1.64. The number of hydrogen-bond donors (Lipinski definition) is 0. The Bertz CT molecular complexity index is 848. The monoisotopic (exact) mass is 352 g/mol. The van der Waals surface area contributed by atoms with Gasteiger partial charge in [-0.2, -0.15) is 9.38 Å². The fraction of sp³-hybridized carbons (Fsp3) is 0.214. The number of imidazole rings is 1. The van der Waals surface area contributed by atoms with Crippen LogP contribution in [0.3, 0.4) is 0 Å². The van der Waals surface area contributed by atoms with Gasteiger partial charge < -0.3 is 19.8 Å². The quantitative estimate of drug-likeness (QED) is 0.501. The van der Waals surface area contributed by atoms with Crippen LogP contribution in [0.2, 0.25) is 5.02 Å². The summed E-state index contributed by atoms with van der Waals surface area (Å²) < 4.78 is 7.09. The Labute approximate surface area is 140 Å². The lowest BCUT2D eigenvalue weighted by atomic mass is 10.3. The summed E-state index contributed by atoms with van der Waals surface area (Å²) in [5, 5.41) is 13.7. The third-order valence-corrected chi connectivity index (χ3v) is 4.24. The number of nitro groups is 1. The zero-order valence-electron chi connectivity index (χ0n) is 12.2. The van der Waals surface area contributed by atoms with E-state index in [1.54, 1.807) is 47.8 Å². The highest BCUT2D eigenvalue weighted by atomic mass is 35.5. The summed E-state index contributed by atoms with van der Waals surface area (Å²) in [5.41, 5.74) is 0. The Morgan fingerprint density at radius 2 is 2.35 bits per heavy atom. The zero-order valence-corrected chi connectivity index (χ0v) is 13.8. The van der Waals surface area contributed by atoms with Crippen LogP contribution in [-0.2, 0) is 0 Å². The van der Waals surface area contributed by atoms with Gasteiger partial charge >= 0.3 is 5.82 Å². The van der Waals surface area contributed by atoms with Crippen LogP contribution < -0.4 is 9.64 Å². The lowest BCUT2D eigenvalue weighted by Gasteiger charge is -2.16. The van der Waals surface area contributed by atoms with Crippen molar-refractivity contribution < 1.29 is 9.66 Å². The van der Waals surface area contributed by atoms with Crippen molar-refractivity contribution in [3.8, 4) is 5.75 Å². The van der Waals surface area contributed by atoms with Crippen molar-refractivity contribution in [3.63, 3.8) is 0 Å². The molecule has 0 spiro atoms. The minimum absolute atomic E-state index is 0.0356. The number of hydrogen-bond acceptors (Lipinski definition) is 6. The Hall–Kier alpha value is -2.32. The van der Waals surface area contributed by atoms with Crippen molar-refractivity contribution >= 4 is 39.5 Å². The molecule has 0 aliphatic rings. The molecule has 0 atom stereocenters. The molecular formula is C14H13ClN4O3S. The second kappa shape index (κ2) is 6.43. The summed E-state index contributed by atoms with van der Waals surface area (Å²) >= 11 is 7.25. The first-order valence-corrected chi connectivity index (χ1v) is 8.01. The molecule has 3 aromatic rings. The predicted octanol–water partition coefficient (Wildman–Crippen LogP) is 3.47. The smallest absolute Gasteiger partial charge is 0.373 e. The second-order valence-electron chi connectivity index (χ2n) is 4.80. The minimum atomic E-state index is -0.420. The van der Waals surface area contributed by atoms with Gasteiger partial charge in [-0.3, -0.25) is 0 Å². The van der Waals surface area contributed by atoms with Crippen molar-refractivity contribution in [1.82, 2.24) is 9.38 Å². The lowest BCUT2D eigenvalue weighted by Crippen LogP contribution is -2.24. The summed E-state index contributed by atoms with van der Waals surface area (Å²) in [6.45, 7) is 0.817. The first kappa shape index (κ1) is 15.6. The molecule has 0 aliphatic carbocycles. The summed E-state index contributed by atoms with van der Waals surface area (Å²) in [7, 11) is 1.75. The van der Waals surface area contributed by atoms with Crippen molar-refractivity contribution in [1.29, 1.82) is 0 Å². The van der Waals surface area contributed by atoms with E-state index in [0.717, 1.165) is 0 Å². The van der Waals surface area contributed by atoms with E-state index in [0.29, 0.717) is 34.7 Å². The molecule has 0 N–H and O–H groups in total. The molecule has 2 aromatic heterocycles. The molecule has 23 heavy (non-hydrogen) atoms. The van der Waals surface area contributed by atoms with Gasteiger partial charge in [0, 0.05) is 17.5 Å². The fourth-order valence-electron chi connectivity index (χ4n) is 2.15. The largest absolute Gasteiger partial charge is 0.492 e. The number of halogens is 1. The highest BCUT2D eigenvalue weighted by Crippen LogP contribution is 2.30. The number of likely N-dealkylation sites (N-methyl/N-ethyl adjacent to an activating group) is 1. The number of anilines is 1. The van der Waals surface area contributed by atoms with Crippen molar-refractivity contribution in [3.05, 3.63) is 51.0 Å². The van der Waals surface area contributed by atoms with Gasteiger partial charge in [-0.25, -0.2) is 0 Å². The molecule has 0 radical (unpaired) electrons. The average Bonchev–Trinajstić information content (AvgIpc) is 3.06. The summed E-state index contributed by atoms with van der Waals surface area (Å²) in [6, 6.07) is 7.09. The first-order valence-electron chi connectivity index (χ1n) is 6.75. The van der Waals surface area contributed by atoms with Crippen molar-refractivity contribution in [2.45, 2.75) is 0 Å². The van der Waals surface area contributed by atoms with Gasteiger partial charge in [-0.15, -0.1) is 0 Å². The Morgan fingerprint density at radius 3 is 3.09 bits per heavy atom. The van der Waals surface area contributed by atoms with Gasteiger partial charge in [-0.1, -0.05) is 29.0 Å². The highest BCUT2D eigenvalue weighted by Gasteiger charge is 2.26. The number of thiazole rings is 1. The Balaban J connectivity index is 1.71. The molecule has 9 heteroatoms. The Kier molecular flexibility index (Phi) is 4.35. The zero-order chi connectivity index (χ0) is 16.4. The van der Waals surface area contributed by atoms with Gasteiger partial charge in [0.1, 0.15) is 18.6 Å². The van der Waals surface area contributed by atoms with E-state index in [9.17, 15) is 10.1 Å². The minimum Gasteiger partial charge on any atom is -0.492 e. The van der Waals surface area contributed by atoms with Crippen LogP contribution in [0.25, 0.3) is 4.96 Å². The predicted molar refractivity (Wildman–Crippen MR) is 89.9 cm³/mol. The van der Waals surface area contributed by atoms with Crippen LogP contribution in [0.5, 0.6) is 5.75 Å². The Morgan fingerprint density at radius 1 is 1.52 bits per heavy atom. The van der Waals surface area contributed by atoms with Gasteiger partial charge in [0.05, 0.1) is 6.54 Å². The van der Waals surface area contributed by atoms with E-state index < -0.39 is 4.92 Å². The van der Waals surface area contributed by atoms with Crippen LogP contribution in [0.15, 0.2) is 35.8 Å². The SMILES string of the molecule is CN(CCOc1cccc(Cl)c1)c1nc2sccn2c1[N+](=O)[O-]. The lowest BCUT2D eigenvalue weighted by molar-refractivity contribution is -0.389. The van der Waals surface area contributed by atoms with E-state index >= 15 is 0 Å². The normalized spacial score (nSPS) is 10.9. The fourth-order valence-corrected chi connectivity index (χ4v) is 3.04. The van der Waals surface area contributed by atoms with Gasteiger partial charge in [0.25, 0.3) is 4.96 Å². The molecule has 2 heterocycles. The molecule has 1 aromatic carbocycles. The third-order valence-electron chi connectivity index (χ3n) is 3.25. The molecule has 0 saturated heterocycles. The van der Waals surface area contributed by atoms with Crippen LogP contribution in [-0.4, -0.2) is 34.5 Å². The average molecular weight is 353 g/mol. The molecule has 7 nitrogen and oxygen atoms in total. The molecule has 0 amide bonds. The van der Waals surface area contributed by atoms with E-state index in [-0.39, 0.29) is 5.82 Å². The second-order valence-corrected chi connectivity index (χ2v) is 6.11. The van der Waals surface area contributed by atoms with E-state index in [1.807, 2.05) is 0 Å². The van der Waals surface area contributed by atoms with Crippen molar-refractivity contribution in [2.75, 3.05) is 25.1 Å². The van der Waals surface area contributed by atoms with Crippen molar-refractivity contribution in [2.24, 2.45) is 0 Å². The van der Waals surface area contributed by atoms with Gasteiger partial charge in [0.15, 0.2) is 0 Å². The van der Waals surface area contributed by atoms with Crippen LogP contribution in [0, 0.1) is 10.1 Å². The molecule has 3 rings (SSSR count). The first-order chi connectivity index (χ1) is 11.1. The number of ether oxygens (including phenoxy) is 1. The molecule has 0 bridgehead atoms. The van der Waals surface area contributed by atoms with E-state index in [1.165, 1.54) is 15.7 Å². The maximum absolute atomic E-state index is 11.3. The molecule has 0 unspecified atom stereocenters. The standard InChI is InChI=1S/C14H13ClN4O3S/c1-17(5-7-22-11-4-2-3-10(15)9-11)12-13(19(20)21)18-6-8-23-14(18)16-12/h2-4,6,8-9H,5,7H2,1H3. The summed E-state index contributed by atoms with van der Waals surface area (Å²) in [5.74, 6) is 0.953. The molecular weight excluding hydrogens is 340 g/mol. The topological polar surface area (TPSA) is 72.9 Å². The summed E-state index contributed by atoms with van der Waals surface area (Å²) in [4.78, 5) is 17.5. The number of aromatic nitrogens is 2. The maximum atomic E-state index is 11.3. The molecule has 0 fully saturated rings. The number of nitrogens with zero attached hydrogens (tertiary/aromatic N) is 4. The van der Waals surface area contributed by atoms with Crippen LogP contribution in [0.4, 0.5) is 11.6 Å². The van der Waals surface area contributed by atoms with E-state index in [2.05, 4.69) is 4.98 Å². The number of fused-ring (bicyclic) bond motifs is 1.